The fourth-order valence-corrected chi connectivity index (χ4v) is 5.57. The summed E-state index contributed by atoms with van der Waals surface area (Å²) >= 11 is 0. The van der Waals surface area contributed by atoms with Gasteiger partial charge in [0.25, 0.3) is 10.0 Å². The SMILES string of the molecule is CC(C)(C)CC(C)(C)NC(=O)CN(c1ccc2c(c1)OCCO2)S(=O)(=O)c1ccccc1. The smallest absolute Gasteiger partial charge is 0.264 e. The summed E-state index contributed by atoms with van der Waals surface area (Å²) in [5.74, 6) is 0.622. The highest BCUT2D eigenvalue weighted by Gasteiger charge is 2.32. The van der Waals surface area contributed by atoms with E-state index in [1.807, 2.05) is 13.8 Å². The molecule has 3 rings (SSSR count). The lowest BCUT2D eigenvalue weighted by Gasteiger charge is -2.34. The maximum absolute atomic E-state index is 13.5. The van der Waals surface area contributed by atoms with E-state index in [0.717, 1.165) is 10.7 Å². The zero-order valence-electron chi connectivity index (χ0n) is 19.3. The van der Waals surface area contributed by atoms with Crippen LogP contribution in [-0.4, -0.2) is 39.6 Å². The largest absolute Gasteiger partial charge is 0.486 e. The topological polar surface area (TPSA) is 84.9 Å². The molecule has 0 bridgehead atoms. The molecule has 1 N–H and O–H groups in total. The molecule has 0 spiro atoms. The Morgan fingerprint density at radius 1 is 0.969 bits per heavy atom. The molecule has 1 aliphatic rings. The first-order chi connectivity index (χ1) is 14.9. The highest BCUT2D eigenvalue weighted by molar-refractivity contribution is 7.92. The van der Waals surface area contributed by atoms with Crippen molar-refractivity contribution in [2.75, 3.05) is 24.1 Å². The number of benzene rings is 2. The lowest BCUT2D eigenvalue weighted by molar-refractivity contribution is -0.121. The highest BCUT2D eigenvalue weighted by atomic mass is 32.2. The van der Waals surface area contributed by atoms with Crippen molar-refractivity contribution in [3.63, 3.8) is 0 Å². The molecule has 1 amide bonds. The number of fused-ring (bicyclic) bond motifs is 1. The number of sulfonamides is 1. The first kappa shape index (κ1) is 23.9. The van der Waals surface area contributed by atoms with Gasteiger partial charge in [-0.3, -0.25) is 9.10 Å². The summed E-state index contributed by atoms with van der Waals surface area (Å²) in [5.41, 5.74) is -0.158. The third-order valence-corrected chi connectivity index (χ3v) is 6.67. The van der Waals surface area contributed by atoms with Crippen LogP contribution >= 0.6 is 0 Å². The molecule has 7 nitrogen and oxygen atoms in total. The molecule has 1 heterocycles. The van der Waals surface area contributed by atoms with Gasteiger partial charge in [-0.1, -0.05) is 39.0 Å². The van der Waals surface area contributed by atoms with Crippen LogP contribution in [0.4, 0.5) is 5.69 Å². The number of hydrogen-bond acceptors (Lipinski definition) is 5. The second-order valence-corrected chi connectivity index (χ2v) is 11.7. The molecule has 32 heavy (non-hydrogen) atoms. The molecular weight excluding hydrogens is 428 g/mol. The van der Waals surface area contributed by atoms with Crippen molar-refractivity contribution in [2.45, 2.75) is 51.5 Å². The molecule has 0 saturated carbocycles. The molecule has 2 aromatic rings. The van der Waals surface area contributed by atoms with E-state index in [-0.39, 0.29) is 22.8 Å². The summed E-state index contributed by atoms with van der Waals surface area (Å²) in [5, 5.41) is 3.00. The van der Waals surface area contributed by atoms with Gasteiger partial charge in [-0.2, -0.15) is 0 Å². The number of nitrogens with one attached hydrogen (secondary N) is 1. The van der Waals surface area contributed by atoms with E-state index in [0.29, 0.717) is 30.4 Å². The van der Waals surface area contributed by atoms with Crippen molar-refractivity contribution in [1.29, 1.82) is 0 Å². The minimum atomic E-state index is -3.99. The van der Waals surface area contributed by atoms with Crippen molar-refractivity contribution in [2.24, 2.45) is 5.41 Å². The molecule has 8 heteroatoms. The monoisotopic (exact) mass is 460 g/mol. The van der Waals surface area contributed by atoms with Gasteiger partial charge < -0.3 is 14.8 Å². The standard InChI is InChI=1S/C24H32N2O5S/c1-23(2,3)17-24(4,5)25-22(27)16-26(32(28,29)19-9-7-6-8-10-19)18-11-12-20-21(15-18)31-14-13-30-20/h6-12,15H,13-14,16-17H2,1-5H3,(H,25,27). The highest BCUT2D eigenvalue weighted by Crippen LogP contribution is 2.36. The summed E-state index contributed by atoms with van der Waals surface area (Å²) in [6.07, 6.45) is 0.737. The molecule has 1 aliphatic heterocycles. The van der Waals surface area contributed by atoms with Crippen molar-refractivity contribution >= 4 is 21.6 Å². The van der Waals surface area contributed by atoms with Gasteiger partial charge in [-0.05, 0) is 49.9 Å². The van der Waals surface area contributed by atoms with E-state index < -0.39 is 15.6 Å². The van der Waals surface area contributed by atoms with Gasteiger partial charge in [-0.15, -0.1) is 0 Å². The summed E-state index contributed by atoms with van der Waals surface area (Å²) in [4.78, 5) is 13.1. The zero-order valence-corrected chi connectivity index (χ0v) is 20.2. The van der Waals surface area contributed by atoms with Crippen LogP contribution in [0.2, 0.25) is 0 Å². The number of carbonyl (C=O) groups is 1. The third-order valence-electron chi connectivity index (χ3n) is 4.88. The molecular formula is C24H32N2O5S. The lowest BCUT2D eigenvalue weighted by Crippen LogP contribution is -2.50. The van der Waals surface area contributed by atoms with Gasteiger partial charge in [0, 0.05) is 11.6 Å². The third kappa shape index (κ3) is 5.94. The number of anilines is 1. The van der Waals surface area contributed by atoms with Crippen LogP contribution in [0.3, 0.4) is 0 Å². The molecule has 0 saturated heterocycles. The van der Waals surface area contributed by atoms with Crippen molar-refractivity contribution in [3.8, 4) is 11.5 Å². The molecule has 174 valence electrons. The Labute approximate surface area is 190 Å². The van der Waals surface area contributed by atoms with E-state index >= 15 is 0 Å². The molecule has 0 fully saturated rings. The normalized spacial score (nSPS) is 14.0. The minimum absolute atomic E-state index is 0.00239. The van der Waals surface area contributed by atoms with E-state index in [2.05, 4.69) is 26.1 Å². The number of carbonyl (C=O) groups excluding carboxylic acids is 1. The van der Waals surface area contributed by atoms with Crippen LogP contribution in [0, 0.1) is 5.41 Å². The van der Waals surface area contributed by atoms with Gasteiger partial charge in [0.1, 0.15) is 19.8 Å². The summed E-state index contributed by atoms with van der Waals surface area (Å²) in [6.45, 7) is 10.6. The second-order valence-electron chi connectivity index (χ2n) is 9.82. The Balaban J connectivity index is 1.94. The van der Waals surface area contributed by atoms with Crippen LogP contribution in [-0.2, 0) is 14.8 Å². The van der Waals surface area contributed by atoms with Gasteiger partial charge in [0.2, 0.25) is 5.91 Å². The van der Waals surface area contributed by atoms with Crippen LogP contribution < -0.4 is 19.1 Å². The van der Waals surface area contributed by atoms with E-state index in [1.54, 1.807) is 36.4 Å². The Kier molecular flexibility index (Phi) is 6.74. The molecule has 0 unspecified atom stereocenters. The number of rotatable bonds is 7. The van der Waals surface area contributed by atoms with Gasteiger partial charge in [-0.25, -0.2) is 8.42 Å². The molecule has 2 aromatic carbocycles. The average molecular weight is 461 g/mol. The van der Waals surface area contributed by atoms with Crippen LogP contribution in [0.15, 0.2) is 53.4 Å². The van der Waals surface area contributed by atoms with Crippen LogP contribution in [0.1, 0.15) is 41.0 Å². The lowest BCUT2D eigenvalue weighted by atomic mass is 9.82. The Bertz CT molecular complexity index is 1060. The molecule has 0 atom stereocenters. The molecule has 0 aliphatic carbocycles. The number of amides is 1. The summed E-state index contributed by atoms with van der Waals surface area (Å²) < 4.78 is 39.3. The second kappa shape index (κ2) is 9.02. The van der Waals surface area contributed by atoms with E-state index in [1.165, 1.54) is 12.1 Å². The number of nitrogens with zero attached hydrogens (tertiary/aromatic N) is 1. The Morgan fingerprint density at radius 3 is 2.22 bits per heavy atom. The van der Waals surface area contributed by atoms with Crippen LogP contribution in [0.25, 0.3) is 0 Å². The first-order valence-electron chi connectivity index (χ1n) is 10.7. The van der Waals surface area contributed by atoms with Gasteiger partial charge in [0.15, 0.2) is 11.5 Å². The maximum Gasteiger partial charge on any atom is 0.264 e. The average Bonchev–Trinajstić information content (AvgIpc) is 2.70. The number of hydrogen-bond donors (Lipinski definition) is 1. The van der Waals surface area contributed by atoms with Crippen LogP contribution in [0.5, 0.6) is 11.5 Å². The van der Waals surface area contributed by atoms with Crippen molar-refractivity contribution < 1.29 is 22.7 Å². The predicted octanol–water partition coefficient (Wildman–Crippen LogP) is 3.98. The fourth-order valence-electron chi connectivity index (χ4n) is 4.14. The summed E-state index contributed by atoms with van der Waals surface area (Å²) in [7, 11) is -3.99. The van der Waals surface area contributed by atoms with E-state index in [9.17, 15) is 13.2 Å². The molecule has 0 radical (unpaired) electrons. The van der Waals surface area contributed by atoms with Gasteiger partial charge in [0.05, 0.1) is 10.6 Å². The van der Waals surface area contributed by atoms with Crippen molar-refractivity contribution in [1.82, 2.24) is 5.32 Å². The quantitative estimate of drug-likeness (QED) is 0.676. The summed E-state index contributed by atoms with van der Waals surface area (Å²) in [6, 6.07) is 13.0. The Hall–Kier alpha value is -2.74. The minimum Gasteiger partial charge on any atom is -0.486 e. The van der Waals surface area contributed by atoms with Crippen molar-refractivity contribution in [3.05, 3.63) is 48.5 Å². The predicted molar refractivity (Wildman–Crippen MR) is 125 cm³/mol. The number of ether oxygens (including phenoxy) is 2. The molecule has 0 aromatic heterocycles. The fraction of sp³-hybridized carbons (Fsp3) is 0.458. The Morgan fingerprint density at radius 2 is 1.59 bits per heavy atom. The van der Waals surface area contributed by atoms with Gasteiger partial charge >= 0.3 is 0 Å². The maximum atomic E-state index is 13.5. The first-order valence-corrected chi connectivity index (χ1v) is 12.1. The zero-order chi connectivity index (χ0) is 23.6. The van der Waals surface area contributed by atoms with E-state index in [4.69, 9.17) is 9.47 Å².